The summed E-state index contributed by atoms with van der Waals surface area (Å²) in [6, 6.07) is 6.32. The number of carbonyl (C=O) groups is 1. The highest BCUT2D eigenvalue weighted by Crippen LogP contribution is 2.25. The van der Waals surface area contributed by atoms with Crippen LogP contribution < -0.4 is 0 Å². The van der Waals surface area contributed by atoms with Crippen LogP contribution >= 0.6 is 11.8 Å². The van der Waals surface area contributed by atoms with Gasteiger partial charge in [0, 0.05) is 13.1 Å². The van der Waals surface area contributed by atoms with E-state index in [0.29, 0.717) is 17.6 Å². The summed E-state index contributed by atoms with van der Waals surface area (Å²) >= 11 is 1.47. The molecule has 6 heteroatoms. The van der Waals surface area contributed by atoms with E-state index >= 15 is 0 Å². The monoisotopic (exact) mass is 358 g/mol. The highest BCUT2D eigenvalue weighted by atomic mass is 32.2. The number of aromatic nitrogens is 3. The van der Waals surface area contributed by atoms with Crippen molar-refractivity contribution in [2.45, 2.75) is 39.3 Å². The Hall–Kier alpha value is -1.82. The number of piperidine rings is 1. The number of hydrogen-bond donors (Lipinski definition) is 0. The third-order valence-electron chi connectivity index (χ3n) is 4.69. The second kappa shape index (κ2) is 7.60. The number of amides is 1. The fraction of sp³-hybridized carbons (Fsp3) is 0.526. The van der Waals surface area contributed by atoms with E-state index in [1.54, 1.807) is 6.33 Å². The lowest BCUT2D eigenvalue weighted by Crippen LogP contribution is -2.43. The number of thioether (sulfide) groups is 1. The summed E-state index contributed by atoms with van der Waals surface area (Å²) in [5.74, 6) is 1.76. The zero-order valence-corrected chi connectivity index (χ0v) is 16.2. The molecule has 0 spiro atoms. The Balaban J connectivity index is 1.70. The summed E-state index contributed by atoms with van der Waals surface area (Å²) in [5, 5.41) is 9.03. The van der Waals surface area contributed by atoms with Crippen molar-refractivity contribution in [1.82, 2.24) is 19.7 Å². The Kier molecular flexibility index (Phi) is 5.47. The molecular formula is C19H26N4OS. The highest BCUT2D eigenvalue weighted by molar-refractivity contribution is 7.99. The molecule has 1 amide bonds. The maximum absolute atomic E-state index is 12.6. The SMILES string of the molecule is Cc1ccc(C)c(-n2cnnc2SCC(=O)N2C[C@@H](C)C[C@H](C)C2)c1. The van der Waals surface area contributed by atoms with Gasteiger partial charge in [0.1, 0.15) is 6.33 Å². The molecule has 0 saturated carbocycles. The van der Waals surface area contributed by atoms with Crippen LogP contribution in [0.3, 0.4) is 0 Å². The summed E-state index contributed by atoms with van der Waals surface area (Å²) in [7, 11) is 0. The van der Waals surface area contributed by atoms with E-state index < -0.39 is 0 Å². The molecule has 1 saturated heterocycles. The summed E-state index contributed by atoms with van der Waals surface area (Å²) in [4.78, 5) is 14.6. The van der Waals surface area contributed by atoms with Gasteiger partial charge in [-0.1, -0.05) is 37.7 Å². The maximum Gasteiger partial charge on any atom is 0.233 e. The number of aryl methyl sites for hydroxylation is 2. The molecule has 134 valence electrons. The Morgan fingerprint density at radius 3 is 2.68 bits per heavy atom. The van der Waals surface area contributed by atoms with Crippen molar-refractivity contribution in [1.29, 1.82) is 0 Å². The van der Waals surface area contributed by atoms with Crippen molar-refractivity contribution in [3.05, 3.63) is 35.7 Å². The van der Waals surface area contributed by atoms with Gasteiger partial charge in [0.15, 0.2) is 5.16 Å². The lowest BCUT2D eigenvalue weighted by molar-refractivity contribution is -0.130. The van der Waals surface area contributed by atoms with E-state index in [-0.39, 0.29) is 5.91 Å². The molecule has 0 unspecified atom stereocenters. The van der Waals surface area contributed by atoms with E-state index in [2.05, 4.69) is 56.1 Å². The molecule has 1 aliphatic heterocycles. The molecular weight excluding hydrogens is 332 g/mol. The van der Waals surface area contributed by atoms with E-state index in [9.17, 15) is 4.79 Å². The Bertz CT molecular complexity index is 748. The third-order valence-corrected chi connectivity index (χ3v) is 5.61. The fourth-order valence-electron chi connectivity index (χ4n) is 3.55. The van der Waals surface area contributed by atoms with Crippen molar-refractivity contribution >= 4 is 17.7 Å². The number of rotatable bonds is 4. The molecule has 1 aromatic heterocycles. The molecule has 0 N–H and O–H groups in total. The van der Waals surface area contributed by atoms with Gasteiger partial charge in [0.25, 0.3) is 0 Å². The Morgan fingerprint density at radius 2 is 1.96 bits per heavy atom. The molecule has 0 radical (unpaired) electrons. The molecule has 1 aliphatic rings. The van der Waals surface area contributed by atoms with Gasteiger partial charge >= 0.3 is 0 Å². The Labute approximate surface area is 153 Å². The summed E-state index contributed by atoms with van der Waals surface area (Å²) in [6.45, 7) is 10.3. The minimum Gasteiger partial charge on any atom is -0.341 e. The average molecular weight is 359 g/mol. The molecule has 2 atom stereocenters. The summed E-state index contributed by atoms with van der Waals surface area (Å²) in [5.41, 5.74) is 3.43. The highest BCUT2D eigenvalue weighted by Gasteiger charge is 2.25. The van der Waals surface area contributed by atoms with Crippen molar-refractivity contribution in [3.8, 4) is 5.69 Å². The van der Waals surface area contributed by atoms with Crippen molar-refractivity contribution < 1.29 is 4.79 Å². The molecule has 3 rings (SSSR count). The van der Waals surface area contributed by atoms with Crippen LogP contribution in [0.1, 0.15) is 31.4 Å². The number of carbonyl (C=O) groups excluding carboxylic acids is 1. The lowest BCUT2D eigenvalue weighted by Gasteiger charge is -2.34. The first-order valence-electron chi connectivity index (χ1n) is 8.82. The Morgan fingerprint density at radius 1 is 1.24 bits per heavy atom. The first-order chi connectivity index (χ1) is 11.9. The van der Waals surface area contributed by atoms with E-state index in [0.717, 1.165) is 29.5 Å². The van der Waals surface area contributed by atoms with Gasteiger partial charge in [-0.15, -0.1) is 10.2 Å². The fourth-order valence-corrected chi connectivity index (χ4v) is 4.38. The van der Waals surface area contributed by atoms with Gasteiger partial charge in [-0.3, -0.25) is 9.36 Å². The van der Waals surface area contributed by atoms with Crippen molar-refractivity contribution in [2.75, 3.05) is 18.8 Å². The molecule has 1 aromatic carbocycles. The predicted molar refractivity (Wildman–Crippen MR) is 101 cm³/mol. The van der Waals surface area contributed by atoms with Gasteiger partial charge < -0.3 is 4.90 Å². The van der Waals surface area contributed by atoms with E-state index in [1.807, 2.05) is 9.47 Å². The zero-order chi connectivity index (χ0) is 18.0. The normalized spacial score (nSPS) is 20.7. The van der Waals surface area contributed by atoms with Crippen LogP contribution in [-0.4, -0.2) is 44.4 Å². The lowest BCUT2D eigenvalue weighted by atomic mass is 9.92. The van der Waals surface area contributed by atoms with Gasteiger partial charge in [-0.2, -0.15) is 0 Å². The van der Waals surface area contributed by atoms with Crippen molar-refractivity contribution in [3.63, 3.8) is 0 Å². The van der Waals surface area contributed by atoms with Gasteiger partial charge in [0.05, 0.1) is 11.4 Å². The third kappa shape index (κ3) is 4.24. The van der Waals surface area contributed by atoms with E-state index in [4.69, 9.17) is 0 Å². The van der Waals surface area contributed by atoms with Crippen LogP contribution in [0.4, 0.5) is 0 Å². The van der Waals surface area contributed by atoms with Crippen LogP contribution in [0.5, 0.6) is 0 Å². The predicted octanol–water partition coefficient (Wildman–Crippen LogP) is 3.48. The average Bonchev–Trinajstić information content (AvgIpc) is 3.02. The maximum atomic E-state index is 12.6. The van der Waals surface area contributed by atoms with Crippen LogP contribution in [0, 0.1) is 25.7 Å². The first-order valence-corrected chi connectivity index (χ1v) is 9.81. The number of likely N-dealkylation sites (tertiary alicyclic amines) is 1. The number of nitrogens with zero attached hydrogens (tertiary/aromatic N) is 4. The zero-order valence-electron chi connectivity index (χ0n) is 15.4. The van der Waals surface area contributed by atoms with Crippen molar-refractivity contribution in [2.24, 2.45) is 11.8 Å². The van der Waals surface area contributed by atoms with Gasteiger partial charge in [-0.05, 0) is 49.3 Å². The number of hydrogen-bond acceptors (Lipinski definition) is 4. The van der Waals surface area contributed by atoms with E-state index in [1.165, 1.54) is 23.7 Å². The number of benzene rings is 1. The standard InChI is InChI=1S/C19H26N4OS/c1-13-5-6-16(4)17(8-13)23-12-20-21-19(23)25-11-18(24)22-9-14(2)7-15(3)10-22/h5-6,8,12,14-15H,7,9-11H2,1-4H3/t14-,15-/m0/s1. The second-order valence-corrected chi connectivity index (χ2v) is 8.25. The quantitative estimate of drug-likeness (QED) is 0.785. The first kappa shape index (κ1) is 18.0. The molecule has 2 heterocycles. The van der Waals surface area contributed by atoms with Gasteiger partial charge in [0.2, 0.25) is 5.91 Å². The largest absolute Gasteiger partial charge is 0.341 e. The van der Waals surface area contributed by atoms with Crippen LogP contribution in [0.2, 0.25) is 0 Å². The summed E-state index contributed by atoms with van der Waals surface area (Å²) < 4.78 is 1.97. The topological polar surface area (TPSA) is 51.0 Å². The molecule has 5 nitrogen and oxygen atoms in total. The summed E-state index contributed by atoms with van der Waals surface area (Å²) in [6.07, 6.45) is 2.93. The van der Waals surface area contributed by atoms with Crippen LogP contribution in [-0.2, 0) is 4.79 Å². The molecule has 25 heavy (non-hydrogen) atoms. The molecule has 0 aliphatic carbocycles. The smallest absolute Gasteiger partial charge is 0.233 e. The van der Waals surface area contributed by atoms with Gasteiger partial charge in [-0.25, -0.2) is 0 Å². The molecule has 0 bridgehead atoms. The second-order valence-electron chi connectivity index (χ2n) is 7.31. The minimum absolute atomic E-state index is 0.193. The van der Waals surface area contributed by atoms with Crippen LogP contribution in [0.25, 0.3) is 5.69 Å². The molecule has 1 fully saturated rings. The minimum atomic E-state index is 0.193. The van der Waals surface area contributed by atoms with Crippen LogP contribution in [0.15, 0.2) is 29.7 Å². The molecule has 2 aromatic rings.